The van der Waals surface area contributed by atoms with Crippen molar-refractivity contribution < 1.29 is 29.3 Å². The molecule has 0 saturated carbocycles. The number of carbonyl (C=O) groups is 2. The largest absolute Gasteiger partial charge is 0.462 e. The lowest BCUT2D eigenvalue weighted by Crippen LogP contribution is -2.36. The van der Waals surface area contributed by atoms with Crippen LogP contribution in [0, 0.1) is 0 Å². The fourth-order valence-corrected chi connectivity index (χ4v) is 4.20. The van der Waals surface area contributed by atoms with Crippen molar-refractivity contribution in [1.82, 2.24) is 5.32 Å². The van der Waals surface area contributed by atoms with Crippen molar-refractivity contribution in [3.05, 3.63) is 95.1 Å². The molecule has 0 aromatic heterocycles. The molecule has 3 aromatic rings. The van der Waals surface area contributed by atoms with Crippen LogP contribution in [-0.4, -0.2) is 48.1 Å². The second-order valence-electron chi connectivity index (χ2n) is 8.06. The Morgan fingerprint density at radius 2 is 1.47 bits per heavy atom. The van der Waals surface area contributed by atoms with E-state index in [1.54, 1.807) is 6.92 Å². The van der Waals surface area contributed by atoms with Gasteiger partial charge in [-0.3, -0.25) is 0 Å². The highest BCUT2D eigenvalue weighted by Crippen LogP contribution is 2.44. The maximum absolute atomic E-state index is 12.3. The molecule has 2 unspecified atom stereocenters. The first-order valence-electron chi connectivity index (χ1n) is 11.2. The first-order chi connectivity index (χ1) is 16.5. The van der Waals surface area contributed by atoms with Gasteiger partial charge in [0.05, 0.1) is 12.2 Å². The molecule has 176 valence electrons. The van der Waals surface area contributed by atoms with Gasteiger partial charge in [-0.1, -0.05) is 60.7 Å². The minimum Gasteiger partial charge on any atom is -0.462 e. The monoisotopic (exact) mass is 461 g/mol. The topological polar surface area (TPSA) is 105 Å². The van der Waals surface area contributed by atoms with Gasteiger partial charge >= 0.3 is 12.1 Å². The Bertz CT molecular complexity index is 1110. The minimum absolute atomic E-state index is 0.0634. The Balaban J connectivity index is 1.30. The lowest BCUT2D eigenvalue weighted by molar-refractivity contribution is 0.0185. The Labute approximate surface area is 198 Å². The maximum atomic E-state index is 12.3. The number of aliphatic hydroxyl groups excluding tert-OH is 2. The number of hydrogen-bond acceptors (Lipinski definition) is 6. The van der Waals surface area contributed by atoms with Crippen LogP contribution >= 0.6 is 0 Å². The molecule has 0 radical (unpaired) electrons. The molecule has 2 atom stereocenters. The standard InChI is InChI=1S/C27H27NO6/c1-2-33-26(31)18-13-11-17(12-14-18)25(30)24(29)15-28-27(32)34-16-23-21-9-5-3-7-19(21)20-8-4-6-10-22(20)23/h3-14,23-25,29-30H,2,15-16H2,1H3,(H,28,32). The van der Waals surface area contributed by atoms with E-state index in [-0.39, 0.29) is 25.7 Å². The molecule has 0 saturated heterocycles. The number of esters is 1. The fourth-order valence-electron chi connectivity index (χ4n) is 4.20. The lowest BCUT2D eigenvalue weighted by atomic mass is 9.98. The highest BCUT2D eigenvalue weighted by Gasteiger charge is 2.29. The molecular weight excluding hydrogens is 434 g/mol. The number of fused-ring (bicyclic) bond motifs is 3. The Morgan fingerprint density at radius 1 is 0.882 bits per heavy atom. The van der Waals surface area contributed by atoms with E-state index in [2.05, 4.69) is 17.4 Å². The van der Waals surface area contributed by atoms with E-state index < -0.39 is 24.3 Å². The average molecular weight is 462 g/mol. The number of amides is 1. The van der Waals surface area contributed by atoms with Gasteiger partial charge in [0.25, 0.3) is 0 Å². The van der Waals surface area contributed by atoms with Crippen LogP contribution in [0.15, 0.2) is 72.8 Å². The van der Waals surface area contributed by atoms with Gasteiger partial charge < -0.3 is 25.0 Å². The van der Waals surface area contributed by atoms with Crippen molar-refractivity contribution >= 4 is 12.1 Å². The van der Waals surface area contributed by atoms with Crippen molar-refractivity contribution in [3.8, 4) is 11.1 Å². The highest BCUT2D eigenvalue weighted by molar-refractivity contribution is 5.89. The first-order valence-corrected chi connectivity index (χ1v) is 11.2. The van der Waals surface area contributed by atoms with E-state index in [4.69, 9.17) is 9.47 Å². The summed E-state index contributed by atoms with van der Waals surface area (Å²) in [5, 5.41) is 23.2. The molecule has 1 aliphatic carbocycles. The van der Waals surface area contributed by atoms with Crippen LogP contribution in [0.3, 0.4) is 0 Å². The average Bonchev–Trinajstić information content (AvgIpc) is 3.19. The molecule has 4 rings (SSSR count). The number of nitrogens with one attached hydrogen (secondary N) is 1. The summed E-state index contributed by atoms with van der Waals surface area (Å²) in [4.78, 5) is 24.0. The van der Waals surface area contributed by atoms with Crippen LogP contribution in [0.2, 0.25) is 0 Å². The number of benzene rings is 3. The molecule has 3 N–H and O–H groups in total. The van der Waals surface area contributed by atoms with E-state index in [0.717, 1.165) is 22.3 Å². The van der Waals surface area contributed by atoms with Crippen molar-refractivity contribution in [1.29, 1.82) is 0 Å². The predicted octanol–water partition coefficient (Wildman–Crippen LogP) is 3.80. The van der Waals surface area contributed by atoms with Crippen molar-refractivity contribution in [2.75, 3.05) is 19.8 Å². The molecule has 0 bridgehead atoms. The summed E-state index contributed by atoms with van der Waals surface area (Å²) in [6, 6.07) is 22.2. The molecule has 1 aliphatic rings. The van der Waals surface area contributed by atoms with Crippen molar-refractivity contribution in [3.63, 3.8) is 0 Å². The maximum Gasteiger partial charge on any atom is 0.407 e. The number of aliphatic hydroxyl groups is 2. The van der Waals surface area contributed by atoms with Gasteiger partial charge in [0, 0.05) is 12.5 Å². The SMILES string of the molecule is CCOC(=O)c1ccc(C(O)C(O)CNC(=O)OCC2c3ccccc3-c3ccccc32)cc1. The van der Waals surface area contributed by atoms with Crippen LogP contribution in [0.4, 0.5) is 4.79 Å². The van der Waals surface area contributed by atoms with Gasteiger partial charge in [0.15, 0.2) is 0 Å². The summed E-state index contributed by atoms with van der Waals surface area (Å²) >= 11 is 0. The van der Waals surface area contributed by atoms with Crippen LogP contribution in [0.5, 0.6) is 0 Å². The van der Waals surface area contributed by atoms with E-state index in [0.29, 0.717) is 11.1 Å². The number of hydrogen-bond donors (Lipinski definition) is 3. The van der Waals surface area contributed by atoms with Crippen molar-refractivity contribution in [2.24, 2.45) is 0 Å². The summed E-state index contributed by atoms with van der Waals surface area (Å²) in [7, 11) is 0. The zero-order chi connectivity index (χ0) is 24.1. The van der Waals surface area contributed by atoms with Gasteiger partial charge in [-0.15, -0.1) is 0 Å². The van der Waals surface area contributed by atoms with E-state index in [1.165, 1.54) is 24.3 Å². The third kappa shape index (κ3) is 4.95. The van der Waals surface area contributed by atoms with E-state index >= 15 is 0 Å². The number of rotatable bonds is 8. The molecule has 0 aliphatic heterocycles. The van der Waals surface area contributed by atoms with Crippen LogP contribution in [-0.2, 0) is 9.47 Å². The van der Waals surface area contributed by atoms with E-state index in [1.807, 2.05) is 36.4 Å². The third-order valence-electron chi connectivity index (χ3n) is 5.93. The highest BCUT2D eigenvalue weighted by atomic mass is 16.5. The number of ether oxygens (including phenoxy) is 2. The molecule has 3 aromatic carbocycles. The van der Waals surface area contributed by atoms with Crippen molar-refractivity contribution in [2.45, 2.75) is 25.0 Å². The summed E-state index contributed by atoms with van der Waals surface area (Å²) in [6.45, 7) is 1.95. The predicted molar refractivity (Wildman–Crippen MR) is 126 cm³/mol. The molecule has 0 spiro atoms. The summed E-state index contributed by atoms with van der Waals surface area (Å²) in [5.74, 6) is -0.521. The summed E-state index contributed by atoms with van der Waals surface area (Å²) in [6.07, 6.45) is -3.18. The molecule has 34 heavy (non-hydrogen) atoms. The second-order valence-corrected chi connectivity index (χ2v) is 8.06. The first kappa shape index (κ1) is 23.5. The van der Waals surface area contributed by atoms with Crippen LogP contribution in [0.25, 0.3) is 11.1 Å². The molecule has 0 fully saturated rings. The normalized spacial score (nSPS) is 14.0. The van der Waals surface area contributed by atoms with Gasteiger partial charge in [0.1, 0.15) is 18.8 Å². The Kier molecular flexibility index (Phi) is 7.25. The zero-order valence-corrected chi connectivity index (χ0v) is 18.8. The number of alkyl carbamates (subject to hydrolysis) is 1. The number of carbonyl (C=O) groups excluding carboxylic acids is 2. The van der Waals surface area contributed by atoms with Crippen LogP contribution in [0.1, 0.15) is 46.0 Å². The molecule has 1 amide bonds. The second kappa shape index (κ2) is 10.5. The van der Waals surface area contributed by atoms with Crippen LogP contribution < -0.4 is 5.32 Å². The van der Waals surface area contributed by atoms with Gasteiger partial charge in [-0.25, -0.2) is 9.59 Å². The summed E-state index contributed by atoms with van der Waals surface area (Å²) in [5.41, 5.74) is 5.26. The van der Waals surface area contributed by atoms with Gasteiger partial charge in [-0.2, -0.15) is 0 Å². The minimum atomic E-state index is -1.26. The Morgan fingerprint density at radius 3 is 2.06 bits per heavy atom. The molecule has 0 heterocycles. The fraction of sp³-hybridized carbons (Fsp3) is 0.259. The molecule has 7 heteroatoms. The van der Waals surface area contributed by atoms with E-state index in [9.17, 15) is 19.8 Å². The quantitative estimate of drug-likeness (QED) is 0.441. The molecular formula is C27H27NO6. The third-order valence-corrected chi connectivity index (χ3v) is 5.93. The zero-order valence-electron chi connectivity index (χ0n) is 18.8. The van der Waals surface area contributed by atoms with Gasteiger partial charge in [-0.05, 0) is 46.9 Å². The Hall–Kier alpha value is -3.68. The lowest BCUT2D eigenvalue weighted by Gasteiger charge is -2.19. The summed E-state index contributed by atoms with van der Waals surface area (Å²) < 4.78 is 10.4. The molecule has 7 nitrogen and oxygen atoms in total. The van der Waals surface area contributed by atoms with Gasteiger partial charge in [0.2, 0.25) is 0 Å². The smallest absolute Gasteiger partial charge is 0.407 e.